The molecule has 0 saturated carbocycles. The van der Waals surface area contributed by atoms with E-state index < -0.39 is 22.5 Å². The third-order valence-electron chi connectivity index (χ3n) is 3.24. The Kier molecular flexibility index (Phi) is 6.60. The lowest BCUT2D eigenvalue weighted by molar-refractivity contribution is -0.121. The number of carbonyl (C=O) groups is 1. The molecule has 26 heavy (non-hydrogen) atoms. The molecule has 0 aliphatic rings. The highest BCUT2D eigenvalue weighted by atomic mass is 35.5. The maximum atomic E-state index is 12.5. The molecule has 0 heterocycles. The number of nitrogens with one attached hydrogen (secondary N) is 1. The van der Waals surface area contributed by atoms with E-state index in [4.69, 9.17) is 23.2 Å². The highest BCUT2D eigenvalue weighted by Crippen LogP contribution is 2.27. The number of phenolic OH excluding ortho intramolecular Hbond substituents is 1. The summed E-state index contributed by atoms with van der Waals surface area (Å²) in [6, 6.07) is 10.2. The first-order valence-electron chi connectivity index (χ1n) is 7.22. The number of sulfonamides is 1. The molecule has 2 rings (SSSR count). The molecule has 1 amide bonds. The van der Waals surface area contributed by atoms with E-state index in [9.17, 15) is 18.3 Å². The molecular formula is C16H15Cl2N3O4S. The fourth-order valence-corrected chi connectivity index (χ4v) is 3.76. The quantitative estimate of drug-likeness (QED) is 0.558. The van der Waals surface area contributed by atoms with Crippen LogP contribution in [0, 0.1) is 0 Å². The molecule has 2 aromatic rings. The van der Waals surface area contributed by atoms with Crippen molar-refractivity contribution in [2.75, 3.05) is 13.6 Å². The van der Waals surface area contributed by atoms with E-state index in [-0.39, 0.29) is 20.7 Å². The molecule has 0 aromatic heterocycles. The minimum atomic E-state index is -3.99. The monoisotopic (exact) mass is 415 g/mol. The molecule has 0 spiro atoms. The van der Waals surface area contributed by atoms with Gasteiger partial charge in [0, 0.05) is 12.1 Å². The molecule has 0 aliphatic heterocycles. The van der Waals surface area contributed by atoms with Gasteiger partial charge >= 0.3 is 0 Å². The fraction of sp³-hybridized carbons (Fsp3) is 0.125. The van der Waals surface area contributed by atoms with Crippen LogP contribution in [0.25, 0.3) is 0 Å². The van der Waals surface area contributed by atoms with E-state index in [1.54, 1.807) is 12.1 Å². The number of nitrogens with zero attached hydrogens (tertiary/aromatic N) is 2. The van der Waals surface area contributed by atoms with Crippen molar-refractivity contribution in [1.82, 2.24) is 9.73 Å². The molecule has 0 fully saturated rings. The fourth-order valence-electron chi connectivity index (χ4n) is 1.90. The Morgan fingerprint density at radius 3 is 2.54 bits per heavy atom. The standard InChI is InChI=1S/C16H15Cl2N3O4S/c1-21(26(24,25)15-8-12(17)4-7-14(15)18)10-16(23)20-19-9-11-2-5-13(22)6-3-11/h2-9,22H,10H2,1H3,(H,20,23)/b19-9-. The SMILES string of the molecule is CN(CC(=O)N/N=C\c1ccc(O)cc1)S(=O)(=O)c1cc(Cl)ccc1Cl. The maximum absolute atomic E-state index is 12.5. The predicted octanol–water partition coefficient (Wildman–Crippen LogP) is 2.47. The minimum Gasteiger partial charge on any atom is -0.508 e. The Bertz CT molecular complexity index is 931. The molecule has 0 aliphatic carbocycles. The van der Waals surface area contributed by atoms with E-state index in [0.717, 1.165) is 4.31 Å². The molecule has 0 bridgehead atoms. The summed E-state index contributed by atoms with van der Waals surface area (Å²) in [5.41, 5.74) is 2.88. The van der Waals surface area contributed by atoms with Crippen molar-refractivity contribution in [2.24, 2.45) is 5.10 Å². The summed E-state index contributed by atoms with van der Waals surface area (Å²) < 4.78 is 25.9. The van der Waals surface area contributed by atoms with Crippen molar-refractivity contribution in [3.05, 3.63) is 58.1 Å². The normalized spacial score (nSPS) is 11.8. The Morgan fingerprint density at radius 2 is 1.88 bits per heavy atom. The average molecular weight is 416 g/mol. The van der Waals surface area contributed by atoms with Crippen molar-refractivity contribution in [3.63, 3.8) is 0 Å². The highest BCUT2D eigenvalue weighted by molar-refractivity contribution is 7.89. The lowest BCUT2D eigenvalue weighted by atomic mass is 10.2. The first kappa shape index (κ1) is 20.2. The van der Waals surface area contributed by atoms with E-state index in [1.807, 2.05) is 0 Å². The molecule has 2 N–H and O–H groups in total. The molecule has 0 radical (unpaired) electrons. The maximum Gasteiger partial charge on any atom is 0.255 e. The van der Waals surface area contributed by atoms with Crippen LogP contribution in [-0.2, 0) is 14.8 Å². The average Bonchev–Trinajstić information content (AvgIpc) is 2.58. The van der Waals surface area contributed by atoms with Gasteiger partial charge in [0.1, 0.15) is 10.6 Å². The van der Waals surface area contributed by atoms with Crippen LogP contribution in [0.1, 0.15) is 5.56 Å². The van der Waals surface area contributed by atoms with Crippen molar-refractivity contribution in [2.45, 2.75) is 4.90 Å². The van der Waals surface area contributed by atoms with Gasteiger partial charge in [0.15, 0.2) is 0 Å². The van der Waals surface area contributed by atoms with Crippen LogP contribution in [0.5, 0.6) is 5.75 Å². The molecule has 10 heteroatoms. The van der Waals surface area contributed by atoms with Crippen LogP contribution >= 0.6 is 23.2 Å². The second-order valence-corrected chi connectivity index (χ2v) is 8.08. The molecule has 2 aromatic carbocycles. The van der Waals surface area contributed by atoms with Crippen molar-refractivity contribution < 1.29 is 18.3 Å². The third kappa shape index (κ3) is 5.18. The lowest BCUT2D eigenvalue weighted by Crippen LogP contribution is -2.36. The number of aromatic hydroxyl groups is 1. The summed E-state index contributed by atoms with van der Waals surface area (Å²) in [6.07, 6.45) is 1.36. The smallest absolute Gasteiger partial charge is 0.255 e. The van der Waals surface area contributed by atoms with E-state index >= 15 is 0 Å². The van der Waals surface area contributed by atoms with Gasteiger partial charge in [-0.1, -0.05) is 23.2 Å². The summed E-state index contributed by atoms with van der Waals surface area (Å²) in [6.45, 7) is -0.460. The minimum absolute atomic E-state index is 0.00649. The van der Waals surface area contributed by atoms with Crippen LogP contribution in [-0.4, -0.2) is 43.5 Å². The predicted molar refractivity (Wildman–Crippen MR) is 100 cm³/mol. The van der Waals surface area contributed by atoms with Crippen LogP contribution < -0.4 is 5.43 Å². The first-order valence-corrected chi connectivity index (χ1v) is 9.42. The van der Waals surface area contributed by atoms with Gasteiger partial charge in [-0.25, -0.2) is 13.8 Å². The lowest BCUT2D eigenvalue weighted by Gasteiger charge is -2.17. The van der Waals surface area contributed by atoms with Crippen molar-refractivity contribution in [3.8, 4) is 5.75 Å². The van der Waals surface area contributed by atoms with Crippen LogP contribution in [0.15, 0.2) is 52.5 Å². The first-order chi connectivity index (χ1) is 12.2. The van der Waals surface area contributed by atoms with Gasteiger partial charge in [-0.05, 0) is 48.0 Å². The van der Waals surface area contributed by atoms with E-state index in [1.165, 1.54) is 43.6 Å². The summed E-state index contributed by atoms with van der Waals surface area (Å²) in [4.78, 5) is 11.7. The second-order valence-electron chi connectivity index (χ2n) is 5.22. The molecule has 0 unspecified atom stereocenters. The number of amides is 1. The highest BCUT2D eigenvalue weighted by Gasteiger charge is 2.25. The molecule has 0 atom stereocenters. The van der Waals surface area contributed by atoms with Gasteiger partial charge in [0.2, 0.25) is 10.0 Å². The molecule has 138 valence electrons. The summed E-state index contributed by atoms with van der Waals surface area (Å²) >= 11 is 11.7. The van der Waals surface area contributed by atoms with Gasteiger partial charge in [0.05, 0.1) is 17.8 Å². The summed E-state index contributed by atoms with van der Waals surface area (Å²) in [5.74, 6) is -0.526. The largest absolute Gasteiger partial charge is 0.508 e. The van der Waals surface area contributed by atoms with Gasteiger partial charge < -0.3 is 5.11 Å². The number of carbonyl (C=O) groups excluding carboxylic acids is 1. The molecule has 7 nitrogen and oxygen atoms in total. The Balaban J connectivity index is 2.01. The second kappa shape index (κ2) is 8.50. The topological polar surface area (TPSA) is 99.1 Å². The number of benzene rings is 2. The number of hydrazone groups is 1. The van der Waals surface area contributed by atoms with Crippen LogP contribution in [0.2, 0.25) is 10.0 Å². The zero-order valence-corrected chi connectivity index (χ0v) is 15.9. The van der Waals surface area contributed by atoms with Gasteiger partial charge in [-0.2, -0.15) is 9.41 Å². The van der Waals surface area contributed by atoms with Gasteiger partial charge in [-0.3, -0.25) is 4.79 Å². The van der Waals surface area contributed by atoms with Crippen LogP contribution in [0.3, 0.4) is 0 Å². The number of hydrogen-bond acceptors (Lipinski definition) is 5. The zero-order chi connectivity index (χ0) is 19.3. The number of likely N-dealkylation sites (N-methyl/N-ethyl adjacent to an activating group) is 1. The number of rotatable bonds is 6. The Labute approximate surface area is 160 Å². The van der Waals surface area contributed by atoms with Crippen molar-refractivity contribution in [1.29, 1.82) is 0 Å². The van der Waals surface area contributed by atoms with Gasteiger partial charge in [0.25, 0.3) is 5.91 Å². The Morgan fingerprint density at radius 1 is 1.23 bits per heavy atom. The molecule has 0 saturated heterocycles. The number of halogens is 2. The van der Waals surface area contributed by atoms with E-state index in [0.29, 0.717) is 5.56 Å². The summed E-state index contributed by atoms with van der Waals surface area (Å²) in [7, 11) is -2.75. The Hall–Kier alpha value is -2.13. The zero-order valence-electron chi connectivity index (χ0n) is 13.6. The van der Waals surface area contributed by atoms with Crippen molar-refractivity contribution >= 4 is 45.3 Å². The third-order valence-corrected chi connectivity index (χ3v) is 5.76. The molecular weight excluding hydrogens is 401 g/mol. The summed E-state index contributed by atoms with van der Waals surface area (Å²) in [5, 5.41) is 13.1. The number of hydrogen-bond donors (Lipinski definition) is 2. The number of phenols is 1. The van der Waals surface area contributed by atoms with E-state index in [2.05, 4.69) is 10.5 Å². The van der Waals surface area contributed by atoms with Gasteiger partial charge in [-0.15, -0.1) is 0 Å². The van der Waals surface area contributed by atoms with Crippen LogP contribution in [0.4, 0.5) is 0 Å².